The molecule has 2 aliphatic rings. The Labute approximate surface area is 162 Å². The van der Waals surface area contributed by atoms with Crippen molar-refractivity contribution in [2.45, 2.75) is 5.75 Å². The molecule has 0 saturated carbocycles. The van der Waals surface area contributed by atoms with E-state index < -0.39 is 4.92 Å². The Kier molecular flexibility index (Phi) is 4.87. The van der Waals surface area contributed by atoms with Crippen molar-refractivity contribution in [2.75, 3.05) is 6.79 Å². The molecule has 4 rings (SSSR count). The summed E-state index contributed by atoms with van der Waals surface area (Å²) in [4.78, 5) is 27.4. The molecule has 2 aromatic rings. The standard InChI is InChI=1S/C18H12N2O5S2/c21-17-13(19-18(27-17)26-9-11-4-2-1-3-5-11)6-12-7-15-16(25-10-24-15)8-14(12)20(22)23/h1-8H,9-10H2/b13-6+. The number of nitro groups is 1. The van der Waals surface area contributed by atoms with Gasteiger partial charge in [-0.2, -0.15) is 0 Å². The summed E-state index contributed by atoms with van der Waals surface area (Å²) in [6.07, 6.45) is 1.42. The Morgan fingerprint density at radius 3 is 2.70 bits per heavy atom. The highest BCUT2D eigenvalue weighted by Gasteiger charge is 2.26. The SMILES string of the molecule is O=C1SC(SCc2ccccc2)=N/C1=C/c1cc2c(cc1[N+](=O)[O-])OCO2. The van der Waals surface area contributed by atoms with Crippen molar-refractivity contribution in [1.29, 1.82) is 0 Å². The average molecular weight is 400 g/mol. The molecule has 0 amide bonds. The van der Waals surface area contributed by atoms with Crippen LogP contribution in [-0.2, 0) is 10.5 Å². The van der Waals surface area contributed by atoms with Crippen LogP contribution in [0.15, 0.2) is 53.2 Å². The maximum Gasteiger partial charge on any atom is 0.280 e. The van der Waals surface area contributed by atoms with Gasteiger partial charge in [0.05, 0.1) is 16.6 Å². The van der Waals surface area contributed by atoms with Gasteiger partial charge in [0, 0.05) is 5.75 Å². The minimum absolute atomic E-state index is 0.0136. The van der Waals surface area contributed by atoms with Crippen LogP contribution in [-0.4, -0.2) is 21.2 Å². The molecule has 0 unspecified atom stereocenters. The van der Waals surface area contributed by atoms with E-state index in [1.165, 1.54) is 30.0 Å². The van der Waals surface area contributed by atoms with Gasteiger partial charge in [0.25, 0.3) is 5.69 Å². The van der Waals surface area contributed by atoms with Crippen molar-refractivity contribution in [3.63, 3.8) is 0 Å². The number of carbonyl (C=O) groups excluding carboxylic acids is 1. The Morgan fingerprint density at radius 1 is 1.22 bits per heavy atom. The molecule has 0 spiro atoms. The maximum atomic E-state index is 12.3. The number of carbonyl (C=O) groups is 1. The number of rotatable bonds is 4. The summed E-state index contributed by atoms with van der Waals surface area (Å²) < 4.78 is 11.1. The molecule has 7 nitrogen and oxygen atoms in total. The molecule has 2 aliphatic heterocycles. The first-order chi connectivity index (χ1) is 13.1. The first-order valence-electron chi connectivity index (χ1n) is 7.87. The van der Waals surface area contributed by atoms with Crippen LogP contribution in [0.5, 0.6) is 11.5 Å². The first kappa shape index (κ1) is 17.6. The van der Waals surface area contributed by atoms with E-state index >= 15 is 0 Å². The topological polar surface area (TPSA) is 91.0 Å². The van der Waals surface area contributed by atoms with Gasteiger partial charge in [-0.25, -0.2) is 4.99 Å². The predicted octanol–water partition coefficient (Wildman–Crippen LogP) is 4.23. The van der Waals surface area contributed by atoms with Gasteiger partial charge in [-0.15, -0.1) is 0 Å². The third-order valence-corrected chi connectivity index (χ3v) is 5.90. The molecule has 9 heteroatoms. The van der Waals surface area contributed by atoms with Crippen LogP contribution >= 0.6 is 23.5 Å². The van der Waals surface area contributed by atoms with E-state index in [9.17, 15) is 14.9 Å². The van der Waals surface area contributed by atoms with Crippen LogP contribution in [0.4, 0.5) is 5.69 Å². The van der Waals surface area contributed by atoms with Crippen molar-refractivity contribution in [1.82, 2.24) is 0 Å². The fraction of sp³-hybridized carbons (Fsp3) is 0.111. The van der Waals surface area contributed by atoms with Crippen LogP contribution < -0.4 is 9.47 Å². The van der Waals surface area contributed by atoms with Crippen molar-refractivity contribution in [3.8, 4) is 11.5 Å². The number of hydrogen-bond donors (Lipinski definition) is 0. The van der Waals surface area contributed by atoms with Crippen molar-refractivity contribution in [2.24, 2.45) is 4.99 Å². The van der Waals surface area contributed by atoms with Gasteiger partial charge in [-0.3, -0.25) is 14.9 Å². The highest BCUT2D eigenvalue weighted by molar-refractivity contribution is 8.45. The fourth-order valence-corrected chi connectivity index (χ4v) is 4.34. The van der Waals surface area contributed by atoms with Crippen molar-refractivity contribution in [3.05, 3.63) is 69.4 Å². The van der Waals surface area contributed by atoms with Crippen molar-refractivity contribution < 1.29 is 19.2 Å². The maximum absolute atomic E-state index is 12.3. The second-order valence-corrected chi connectivity index (χ2v) is 7.78. The minimum atomic E-state index is -0.518. The van der Waals surface area contributed by atoms with Crippen LogP contribution in [0.25, 0.3) is 6.08 Å². The Morgan fingerprint density at radius 2 is 1.96 bits per heavy atom. The second kappa shape index (κ2) is 7.45. The molecule has 0 fully saturated rings. The monoisotopic (exact) mass is 400 g/mol. The van der Waals surface area contributed by atoms with E-state index in [2.05, 4.69) is 4.99 Å². The average Bonchev–Trinajstić information content (AvgIpc) is 3.26. The molecular formula is C18H12N2O5S2. The highest BCUT2D eigenvalue weighted by Crippen LogP contribution is 2.40. The quantitative estimate of drug-likeness (QED) is 0.431. The van der Waals surface area contributed by atoms with E-state index in [4.69, 9.17) is 9.47 Å². The zero-order valence-electron chi connectivity index (χ0n) is 13.8. The van der Waals surface area contributed by atoms with Gasteiger partial charge >= 0.3 is 0 Å². The molecular weight excluding hydrogens is 388 g/mol. The molecule has 0 atom stereocenters. The third-order valence-electron chi connectivity index (χ3n) is 3.82. The molecule has 27 heavy (non-hydrogen) atoms. The summed E-state index contributed by atoms with van der Waals surface area (Å²) in [5.74, 6) is 1.42. The predicted molar refractivity (Wildman–Crippen MR) is 105 cm³/mol. The van der Waals surface area contributed by atoms with Gasteiger partial charge in [0.2, 0.25) is 11.9 Å². The number of hydrogen-bond acceptors (Lipinski definition) is 8. The van der Waals surface area contributed by atoms with Crippen LogP contribution in [0.3, 0.4) is 0 Å². The molecule has 2 heterocycles. The first-order valence-corrected chi connectivity index (χ1v) is 9.68. The number of nitrogens with zero attached hydrogens (tertiary/aromatic N) is 2. The Bertz CT molecular complexity index is 989. The minimum Gasteiger partial charge on any atom is -0.454 e. The van der Waals surface area contributed by atoms with E-state index in [1.54, 1.807) is 0 Å². The lowest BCUT2D eigenvalue weighted by molar-refractivity contribution is -0.385. The Hall–Kier alpha value is -2.78. The highest BCUT2D eigenvalue weighted by atomic mass is 32.2. The number of aliphatic imine (C=N–C) groups is 1. The fourth-order valence-electron chi connectivity index (χ4n) is 2.54. The summed E-state index contributed by atoms with van der Waals surface area (Å²) >= 11 is 2.49. The summed E-state index contributed by atoms with van der Waals surface area (Å²) in [5, 5.41) is 11.1. The van der Waals surface area contributed by atoms with E-state index in [-0.39, 0.29) is 28.9 Å². The Balaban J connectivity index is 1.59. The normalized spacial score (nSPS) is 16.7. The lowest BCUT2D eigenvalue weighted by Gasteiger charge is -2.01. The number of thioether (sulfide) groups is 2. The molecule has 0 aromatic heterocycles. The summed E-state index contributed by atoms with van der Waals surface area (Å²) in [5.41, 5.74) is 1.40. The molecule has 0 saturated heterocycles. The second-order valence-electron chi connectivity index (χ2n) is 5.59. The van der Waals surface area contributed by atoms with E-state index in [0.717, 1.165) is 17.3 Å². The lowest BCUT2D eigenvalue weighted by Crippen LogP contribution is -1.94. The van der Waals surface area contributed by atoms with Gasteiger partial charge in [0.1, 0.15) is 10.1 Å². The molecule has 0 radical (unpaired) electrons. The van der Waals surface area contributed by atoms with Gasteiger partial charge in [-0.05, 0) is 29.5 Å². The summed E-state index contributed by atoms with van der Waals surface area (Å²) in [6.45, 7) is 0.0136. The molecule has 0 aliphatic carbocycles. The van der Waals surface area contributed by atoms with Crippen LogP contribution in [0.2, 0.25) is 0 Å². The van der Waals surface area contributed by atoms with E-state index in [0.29, 0.717) is 21.6 Å². The third kappa shape index (κ3) is 3.83. The van der Waals surface area contributed by atoms with Crippen LogP contribution in [0, 0.1) is 10.1 Å². The molecule has 136 valence electrons. The largest absolute Gasteiger partial charge is 0.454 e. The van der Waals surface area contributed by atoms with E-state index in [1.807, 2.05) is 30.3 Å². The molecule has 2 aromatic carbocycles. The molecule has 0 bridgehead atoms. The summed E-state index contributed by atoms with van der Waals surface area (Å²) in [7, 11) is 0. The van der Waals surface area contributed by atoms with Gasteiger partial charge < -0.3 is 9.47 Å². The smallest absolute Gasteiger partial charge is 0.280 e. The van der Waals surface area contributed by atoms with Crippen LogP contribution in [0.1, 0.15) is 11.1 Å². The van der Waals surface area contributed by atoms with Gasteiger partial charge in [-0.1, -0.05) is 42.1 Å². The molecule has 0 N–H and O–H groups in total. The number of nitro benzene ring substituents is 1. The summed E-state index contributed by atoms with van der Waals surface area (Å²) in [6, 6.07) is 12.7. The zero-order valence-corrected chi connectivity index (χ0v) is 15.4. The van der Waals surface area contributed by atoms with Gasteiger partial charge in [0.15, 0.2) is 11.5 Å². The zero-order chi connectivity index (χ0) is 18.8. The lowest BCUT2D eigenvalue weighted by atomic mass is 10.1. The number of fused-ring (bicyclic) bond motifs is 1. The number of benzene rings is 2. The van der Waals surface area contributed by atoms with Crippen molar-refractivity contribution >= 4 is 44.8 Å². The number of ether oxygens (including phenoxy) is 2.